The van der Waals surface area contributed by atoms with E-state index >= 15 is 0 Å². The fourth-order valence-electron chi connectivity index (χ4n) is 5.13. The fourth-order valence-corrected chi connectivity index (χ4v) is 5.13. The van der Waals surface area contributed by atoms with Crippen LogP contribution < -0.4 is 9.64 Å². The van der Waals surface area contributed by atoms with Crippen LogP contribution in [0.2, 0.25) is 0 Å². The van der Waals surface area contributed by atoms with Crippen LogP contribution in [-0.2, 0) is 13.0 Å². The highest BCUT2D eigenvalue weighted by Crippen LogP contribution is 2.32. The molecule has 0 bridgehead atoms. The Morgan fingerprint density at radius 3 is 2.77 bits per heavy atom. The zero-order valence-electron chi connectivity index (χ0n) is 20.7. The van der Waals surface area contributed by atoms with Gasteiger partial charge in [-0.05, 0) is 73.9 Å². The first-order valence-electron chi connectivity index (χ1n) is 12.6. The van der Waals surface area contributed by atoms with Gasteiger partial charge in [0.15, 0.2) is 0 Å². The molecule has 1 atom stereocenters. The molecular weight excluding hydrogens is 436 g/mol. The summed E-state index contributed by atoms with van der Waals surface area (Å²) in [5.41, 5.74) is 5.95. The van der Waals surface area contributed by atoms with E-state index in [1.54, 1.807) is 0 Å². The number of fused-ring (bicyclic) bond motifs is 1. The zero-order chi connectivity index (χ0) is 24.2. The number of H-pyrrole nitrogens is 1. The first kappa shape index (κ1) is 23.1. The normalized spacial score (nSPS) is 16.1. The lowest BCUT2D eigenvalue weighted by Gasteiger charge is -2.34. The maximum Gasteiger partial charge on any atom is 0.204 e. The minimum absolute atomic E-state index is 0.499. The number of aromatic nitrogens is 5. The lowest BCUT2D eigenvalue weighted by Crippen LogP contribution is -2.37. The van der Waals surface area contributed by atoms with E-state index in [4.69, 9.17) is 4.74 Å². The van der Waals surface area contributed by atoms with Gasteiger partial charge in [0.05, 0.1) is 6.61 Å². The molecular formula is C28H34N6O. The Kier molecular flexibility index (Phi) is 6.84. The van der Waals surface area contributed by atoms with Gasteiger partial charge >= 0.3 is 0 Å². The van der Waals surface area contributed by atoms with E-state index in [2.05, 4.69) is 99.2 Å². The molecule has 1 saturated heterocycles. The summed E-state index contributed by atoms with van der Waals surface area (Å²) in [5.74, 6) is 2.16. The minimum Gasteiger partial charge on any atom is -0.493 e. The molecule has 7 nitrogen and oxygen atoms in total. The number of aryl methyl sites for hydroxylation is 1. The quantitative estimate of drug-likeness (QED) is 0.320. The standard InChI is InChI=1S/C28H34N6O/c1-4-6-25-24-14-16-34(17-20(2)3)26(24)12-13-27(25)35-19-21-7-5-15-33(18-21)23-10-8-22(9-11-23)28-29-31-32-30-28/h8-14,16,21H,2,4-7,15,17-19H2,1,3H3,(H,29,30,31,32). The van der Waals surface area contributed by atoms with Gasteiger partial charge in [0.2, 0.25) is 5.82 Å². The molecule has 0 amide bonds. The summed E-state index contributed by atoms with van der Waals surface area (Å²) in [6.07, 6.45) is 6.65. The van der Waals surface area contributed by atoms with Crippen LogP contribution in [0.1, 0.15) is 38.7 Å². The van der Waals surface area contributed by atoms with Crippen LogP contribution in [-0.4, -0.2) is 44.9 Å². The monoisotopic (exact) mass is 470 g/mol. The van der Waals surface area contributed by atoms with E-state index in [-0.39, 0.29) is 0 Å². The van der Waals surface area contributed by atoms with Crippen molar-refractivity contribution in [1.29, 1.82) is 0 Å². The van der Waals surface area contributed by atoms with Crippen molar-refractivity contribution >= 4 is 16.6 Å². The number of hydrogen-bond donors (Lipinski definition) is 1. The van der Waals surface area contributed by atoms with Crippen molar-refractivity contribution in [3.8, 4) is 17.1 Å². The Balaban J connectivity index is 1.27. The second-order valence-corrected chi connectivity index (χ2v) is 9.67. The molecule has 2 aromatic carbocycles. The fraction of sp³-hybridized carbons (Fsp3) is 0.393. The zero-order valence-corrected chi connectivity index (χ0v) is 20.7. The molecule has 3 heterocycles. The maximum absolute atomic E-state index is 6.50. The summed E-state index contributed by atoms with van der Waals surface area (Å²) in [5, 5.41) is 15.6. The third kappa shape index (κ3) is 5.09. The van der Waals surface area contributed by atoms with Crippen LogP contribution in [0.15, 0.2) is 60.8 Å². The highest BCUT2D eigenvalue weighted by molar-refractivity contribution is 5.86. The number of aromatic amines is 1. The van der Waals surface area contributed by atoms with Crippen LogP contribution in [0.4, 0.5) is 5.69 Å². The second-order valence-electron chi connectivity index (χ2n) is 9.67. The van der Waals surface area contributed by atoms with E-state index in [1.165, 1.54) is 35.0 Å². The summed E-state index contributed by atoms with van der Waals surface area (Å²) >= 11 is 0. The van der Waals surface area contributed by atoms with Crippen molar-refractivity contribution in [1.82, 2.24) is 25.2 Å². The predicted molar refractivity (Wildman–Crippen MR) is 141 cm³/mol. The largest absolute Gasteiger partial charge is 0.493 e. The Morgan fingerprint density at radius 1 is 1.17 bits per heavy atom. The van der Waals surface area contributed by atoms with Gasteiger partial charge in [-0.2, -0.15) is 5.21 Å². The number of ether oxygens (including phenoxy) is 1. The third-order valence-electron chi connectivity index (χ3n) is 6.79. The van der Waals surface area contributed by atoms with Gasteiger partial charge in [-0.3, -0.25) is 0 Å². The minimum atomic E-state index is 0.499. The van der Waals surface area contributed by atoms with Gasteiger partial charge < -0.3 is 14.2 Å². The second kappa shape index (κ2) is 10.3. The van der Waals surface area contributed by atoms with E-state index in [9.17, 15) is 0 Å². The molecule has 1 N–H and O–H groups in total. The van der Waals surface area contributed by atoms with Gasteiger partial charge in [-0.1, -0.05) is 25.5 Å². The average molecular weight is 471 g/mol. The number of nitrogens with zero attached hydrogens (tertiary/aromatic N) is 5. The van der Waals surface area contributed by atoms with Gasteiger partial charge in [-0.25, -0.2) is 0 Å². The van der Waals surface area contributed by atoms with Crippen LogP contribution >= 0.6 is 0 Å². The van der Waals surface area contributed by atoms with Crippen molar-refractivity contribution in [2.45, 2.75) is 46.1 Å². The molecule has 35 heavy (non-hydrogen) atoms. The summed E-state index contributed by atoms with van der Waals surface area (Å²) in [6, 6.07) is 15.0. The maximum atomic E-state index is 6.50. The highest BCUT2D eigenvalue weighted by atomic mass is 16.5. The number of hydrogen-bond acceptors (Lipinski definition) is 5. The predicted octanol–water partition coefficient (Wildman–Crippen LogP) is 5.65. The van der Waals surface area contributed by atoms with Crippen LogP contribution in [0.3, 0.4) is 0 Å². The third-order valence-corrected chi connectivity index (χ3v) is 6.79. The van der Waals surface area contributed by atoms with Crippen LogP contribution in [0.5, 0.6) is 5.75 Å². The molecule has 2 aromatic heterocycles. The topological polar surface area (TPSA) is 71.9 Å². The molecule has 0 radical (unpaired) electrons. The Hall–Kier alpha value is -3.61. The number of allylic oxidation sites excluding steroid dienone is 1. The summed E-state index contributed by atoms with van der Waals surface area (Å²) < 4.78 is 8.78. The summed E-state index contributed by atoms with van der Waals surface area (Å²) in [4.78, 5) is 2.46. The molecule has 0 aliphatic carbocycles. The van der Waals surface area contributed by atoms with E-state index in [1.807, 2.05) is 0 Å². The van der Waals surface area contributed by atoms with Gasteiger partial charge in [0.25, 0.3) is 0 Å². The first-order valence-corrected chi connectivity index (χ1v) is 12.6. The van der Waals surface area contributed by atoms with E-state index in [0.29, 0.717) is 11.7 Å². The number of piperidine rings is 1. The SMILES string of the molecule is C=C(C)Cn1ccc2c(CCC)c(OCC3CCCN(c4ccc(-c5nn[nH]n5)cc4)C3)ccc21. The van der Waals surface area contributed by atoms with Crippen LogP contribution in [0.25, 0.3) is 22.3 Å². The van der Waals surface area contributed by atoms with Crippen LogP contribution in [0, 0.1) is 5.92 Å². The molecule has 4 aromatic rings. The molecule has 5 rings (SSSR count). The Bertz CT molecular complexity index is 1280. The molecule has 0 saturated carbocycles. The van der Waals surface area contributed by atoms with Gasteiger partial charge in [-0.15, -0.1) is 10.2 Å². The summed E-state index contributed by atoms with van der Waals surface area (Å²) in [7, 11) is 0. The molecule has 1 aliphatic rings. The Labute approximate surface area is 206 Å². The number of tetrazole rings is 1. The van der Waals surface area contributed by atoms with Gasteiger partial charge in [0.1, 0.15) is 5.75 Å². The number of anilines is 1. The first-order chi connectivity index (χ1) is 17.1. The van der Waals surface area contributed by atoms with E-state index < -0.39 is 0 Å². The van der Waals surface area contributed by atoms with Crippen molar-refractivity contribution in [3.63, 3.8) is 0 Å². The van der Waals surface area contributed by atoms with Crippen molar-refractivity contribution in [2.24, 2.45) is 5.92 Å². The van der Waals surface area contributed by atoms with E-state index in [0.717, 1.165) is 56.0 Å². The van der Waals surface area contributed by atoms with Crippen molar-refractivity contribution < 1.29 is 4.74 Å². The Morgan fingerprint density at radius 2 is 2.03 bits per heavy atom. The van der Waals surface area contributed by atoms with Crippen molar-refractivity contribution in [2.75, 3.05) is 24.6 Å². The molecule has 0 spiro atoms. The highest BCUT2D eigenvalue weighted by Gasteiger charge is 2.22. The number of benzene rings is 2. The average Bonchev–Trinajstić information content (AvgIpc) is 3.55. The summed E-state index contributed by atoms with van der Waals surface area (Å²) in [6.45, 7) is 12.1. The molecule has 1 aliphatic heterocycles. The van der Waals surface area contributed by atoms with Gasteiger partial charge in [0, 0.05) is 59.5 Å². The smallest absolute Gasteiger partial charge is 0.204 e. The molecule has 1 unspecified atom stereocenters. The van der Waals surface area contributed by atoms with Crippen molar-refractivity contribution in [3.05, 3.63) is 66.4 Å². The number of rotatable bonds is 9. The number of nitrogens with one attached hydrogen (secondary N) is 1. The molecule has 182 valence electrons. The lowest BCUT2D eigenvalue weighted by atomic mass is 9.98. The molecule has 1 fully saturated rings. The molecule has 7 heteroatoms. The lowest BCUT2D eigenvalue weighted by molar-refractivity contribution is 0.227.